The molecule has 1 amide bonds. The average Bonchev–Trinajstić information content (AvgIpc) is 3.25. The lowest BCUT2D eigenvalue weighted by Gasteiger charge is -2.09. The fraction of sp³-hybridized carbons (Fsp3) is 0.143. The minimum atomic E-state index is -0.129. The van der Waals surface area contributed by atoms with Crippen LogP contribution in [0.4, 0.5) is 5.95 Å². The van der Waals surface area contributed by atoms with Gasteiger partial charge in [-0.3, -0.25) is 4.79 Å². The van der Waals surface area contributed by atoms with Crippen molar-refractivity contribution in [2.45, 2.75) is 19.7 Å². The largest absolute Gasteiger partial charge is 0.471 e. The summed E-state index contributed by atoms with van der Waals surface area (Å²) in [5.74, 6) is 0.316. The Bertz CT molecular complexity index is 1150. The van der Waals surface area contributed by atoms with Crippen molar-refractivity contribution >= 4 is 23.0 Å². The molecule has 4 aromatic rings. The van der Waals surface area contributed by atoms with Gasteiger partial charge in [0.1, 0.15) is 6.61 Å². The molecule has 0 aliphatic rings. The van der Waals surface area contributed by atoms with Crippen molar-refractivity contribution in [1.29, 1.82) is 0 Å². The third kappa shape index (κ3) is 4.36. The Hall–Kier alpha value is -3.98. The quantitative estimate of drug-likeness (QED) is 0.369. The molecule has 2 aromatic heterocycles. The van der Waals surface area contributed by atoms with Gasteiger partial charge < -0.3 is 26.5 Å². The van der Waals surface area contributed by atoms with Crippen LogP contribution in [0, 0.1) is 0 Å². The highest BCUT2D eigenvalue weighted by Gasteiger charge is 2.10. The van der Waals surface area contributed by atoms with Gasteiger partial charge in [0.25, 0.3) is 5.91 Å². The third-order valence-corrected chi connectivity index (χ3v) is 4.57. The second kappa shape index (κ2) is 8.58. The molecule has 2 aromatic carbocycles. The SMILES string of the molecule is NCc1ccc(C(=O)NCc2ccc(COc3nc(N)nc4[nH]cnc34)cc2)cc1. The number of nitrogens with two attached hydrogens (primary N) is 2. The molecule has 0 atom stereocenters. The molecule has 0 aliphatic heterocycles. The predicted octanol–water partition coefficient (Wildman–Crippen LogP) is 1.90. The highest BCUT2D eigenvalue weighted by molar-refractivity contribution is 5.94. The summed E-state index contributed by atoms with van der Waals surface area (Å²) in [7, 11) is 0. The van der Waals surface area contributed by atoms with Gasteiger partial charge >= 0.3 is 0 Å². The van der Waals surface area contributed by atoms with Gasteiger partial charge in [0, 0.05) is 18.7 Å². The lowest BCUT2D eigenvalue weighted by atomic mass is 10.1. The molecular formula is C21H21N7O2. The van der Waals surface area contributed by atoms with Crippen LogP contribution < -0.4 is 21.5 Å². The number of anilines is 1. The number of fused-ring (bicyclic) bond motifs is 1. The van der Waals surface area contributed by atoms with Crippen LogP contribution in [0.15, 0.2) is 54.9 Å². The Balaban J connectivity index is 1.33. The molecule has 0 bridgehead atoms. The summed E-state index contributed by atoms with van der Waals surface area (Å²) in [6, 6.07) is 15.0. The highest BCUT2D eigenvalue weighted by atomic mass is 16.5. The Morgan fingerprint density at radius 3 is 2.43 bits per heavy atom. The van der Waals surface area contributed by atoms with E-state index in [1.807, 2.05) is 36.4 Å². The smallest absolute Gasteiger partial charge is 0.251 e. The standard InChI is InChI=1S/C21H21N7O2/c22-9-13-5-7-16(8-6-13)19(29)24-10-14-1-3-15(4-2-14)11-30-20-17-18(26-12-25-17)27-21(23)28-20/h1-8,12H,9-11,22H2,(H,24,29)(H3,23,25,26,27,28). The van der Waals surface area contributed by atoms with E-state index >= 15 is 0 Å². The lowest BCUT2D eigenvalue weighted by Crippen LogP contribution is -2.22. The second-order valence-electron chi connectivity index (χ2n) is 6.68. The molecule has 2 heterocycles. The van der Waals surface area contributed by atoms with Crippen molar-refractivity contribution < 1.29 is 9.53 Å². The number of carbonyl (C=O) groups is 1. The number of benzene rings is 2. The predicted molar refractivity (Wildman–Crippen MR) is 112 cm³/mol. The van der Waals surface area contributed by atoms with Gasteiger partial charge in [-0.05, 0) is 28.8 Å². The number of nitrogens with one attached hydrogen (secondary N) is 2. The van der Waals surface area contributed by atoms with Crippen molar-refractivity contribution in [2.75, 3.05) is 5.73 Å². The van der Waals surface area contributed by atoms with Gasteiger partial charge in [0.15, 0.2) is 11.2 Å². The number of nitrogen functional groups attached to an aromatic ring is 1. The average molecular weight is 403 g/mol. The molecule has 0 radical (unpaired) electrons. The van der Waals surface area contributed by atoms with E-state index < -0.39 is 0 Å². The molecular weight excluding hydrogens is 382 g/mol. The molecule has 0 spiro atoms. The first-order valence-corrected chi connectivity index (χ1v) is 9.37. The van der Waals surface area contributed by atoms with Gasteiger partial charge in [-0.1, -0.05) is 36.4 Å². The Morgan fingerprint density at radius 2 is 1.70 bits per heavy atom. The van der Waals surface area contributed by atoms with Crippen LogP contribution in [-0.4, -0.2) is 25.8 Å². The number of carbonyl (C=O) groups excluding carboxylic acids is 1. The van der Waals surface area contributed by atoms with Crippen molar-refractivity contribution in [3.05, 3.63) is 77.1 Å². The first kappa shape index (κ1) is 19.3. The van der Waals surface area contributed by atoms with E-state index in [1.165, 1.54) is 6.33 Å². The van der Waals surface area contributed by atoms with Crippen molar-refractivity contribution in [3.8, 4) is 5.88 Å². The monoisotopic (exact) mass is 403 g/mol. The number of hydrogen-bond donors (Lipinski definition) is 4. The van der Waals surface area contributed by atoms with E-state index in [-0.39, 0.29) is 11.9 Å². The van der Waals surface area contributed by atoms with Crippen molar-refractivity contribution in [3.63, 3.8) is 0 Å². The van der Waals surface area contributed by atoms with E-state index in [2.05, 4.69) is 25.3 Å². The van der Waals surface area contributed by atoms with Crippen molar-refractivity contribution in [2.24, 2.45) is 5.73 Å². The van der Waals surface area contributed by atoms with E-state index in [9.17, 15) is 4.79 Å². The molecule has 0 saturated carbocycles. The van der Waals surface area contributed by atoms with Crippen LogP contribution in [0.1, 0.15) is 27.0 Å². The van der Waals surface area contributed by atoms with Crippen LogP contribution >= 0.6 is 0 Å². The summed E-state index contributed by atoms with van der Waals surface area (Å²) in [6.07, 6.45) is 1.52. The first-order chi connectivity index (χ1) is 14.6. The molecule has 9 nitrogen and oxygen atoms in total. The van der Waals surface area contributed by atoms with Crippen LogP contribution in [0.3, 0.4) is 0 Å². The lowest BCUT2D eigenvalue weighted by molar-refractivity contribution is 0.0951. The fourth-order valence-corrected chi connectivity index (χ4v) is 2.91. The third-order valence-electron chi connectivity index (χ3n) is 4.57. The topological polar surface area (TPSA) is 145 Å². The summed E-state index contributed by atoms with van der Waals surface area (Å²) >= 11 is 0. The van der Waals surface area contributed by atoms with Crippen LogP contribution in [-0.2, 0) is 19.7 Å². The number of aromatic nitrogens is 4. The zero-order valence-electron chi connectivity index (χ0n) is 16.1. The second-order valence-corrected chi connectivity index (χ2v) is 6.68. The maximum absolute atomic E-state index is 12.3. The van der Waals surface area contributed by atoms with Gasteiger partial charge in [0.2, 0.25) is 11.8 Å². The molecule has 0 fully saturated rings. The van der Waals surface area contributed by atoms with E-state index in [4.69, 9.17) is 16.2 Å². The number of aromatic amines is 1. The minimum Gasteiger partial charge on any atom is -0.471 e. The number of hydrogen-bond acceptors (Lipinski definition) is 7. The molecule has 4 rings (SSSR count). The molecule has 0 aliphatic carbocycles. The molecule has 6 N–H and O–H groups in total. The van der Waals surface area contributed by atoms with Gasteiger partial charge in [0.05, 0.1) is 6.33 Å². The number of nitrogens with zero attached hydrogens (tertiary/aromatic N) is 3. The van der Waals surface area contributed by atoms with Crippen molar-refractivity contribution in [1.82, 2.24) is 25.3 Å². The molecule has 152 valence electrons. The molecule has 0 saturated heterocycles. The Labute approximate surface area is 172 Å². The molecule has 30 heavy (non-hydrogen) atoms. The maximum Gasteiger partial charge on any atom is 0.251 e. The Morgan fingerprint density at radius 1 is 1.00 bits per heavy atom. The Kier molecular flexibility index (Phi) is 5.53. The van der Waals surface area contributed by atoms with Crippen LogP contribution in [0.5, 0.6) is 5.88 Å². The fourth-order valence-electron chi connectivity index (χ4n) is 2.91. The molecule has 0 unspecified atom stereocenters. The number of H-pyrrole nitrogens is 1. The van der Waals surface area contributed by atoms with Gasteiger partial charge in [-0.25, -0.2) is 4.98 Å². The first-order valence-electron chi connectivity index (χ1n) is 9.37. The minimum absolute atomic E-state index is 0.116. The van der Waals surface area contributed by atoms with Gasteiger partial charge in [-0.15, -0.1) is 0 Å². The highest BCUT2D eigenvalue weighted by Crippen LogP contribution is 2.20. The summed E-state index contributed by atoms with van der Waals surface area (Å²) < 4.78 is 5.77. The molecule has 9 heteroatoms. The summed E-state index contributed by atoms with van der Waals surface area (Å²) in [4.78, 5) is 27.5. The summed E-state index contributed by atoms with van der Waals surface area (Å²) in [5.41, 5.74) is 15.9. The zero-order chi connectivity index (χ0) is 20.9. The number of amides is 1. The van der Waals surface area contributed by atoms with E-state index in [1.54, 1.807) is 12.1 Å². The number of rotatable bonds is 7. The summed E-state index contributed by atoms with van der Waals surface area (Å²) in [5, 5.41) is 2.91. The maximum atomic E-state index is 12.3. The van der Waals surface area contributed by atoms with Crippen LogP contribution in [0.2, 0.25) is 0 Å². The van der Waals surface area contributed by atoms with Crippen LogP contribution in [0.25, 0.3) is 11.2 Å². The summed E-state index contributed by atoms with van der Waals surface area (Å²) in [6.45, 7) is 1.18. The number of imidazole rings is 1. The van der Waals surface area contributed by atoms with E-state index in [0.717, 1.165) is 16.7 Å². The van der Waals surface area contributed by atoms with Gasteiger partial charge in [-0.2, -0.15) is 9.97 Å². The number of ether oxygens (including phenoxy) is 1. The van der Waals surface area contributed by atoms with E-state index in [0.29, 0.717) is 42.3 Å². The zero-order valence-corrected chi connectivity index (χ0v) is 16.1. The normalized spacial score (nSPS) is 10.8.